The quantitative estimate of drug-likeness (QED) is 0.841. The van der Waals surface area contributed by atoms with Crippen molar-refractivity contribution in [3.8, 4) is 5.75 Å². The molecule has 17 heavy (non-hydrogen) atoms. The maximum Gasteiger partial charge on any atom is 0.120 e. The minimum Gasteiger partial charge on any atom is -0.508 e. The fraction of sp³-hybridized carbons (Fsp3) is 0.571. The molecule has 0 amide bonds. The average Bonchev–Trinajstić information content (AvgIpc) is 2.77. The largest absolute Gasteiger partial charge is 0.508 e. The van der Waals surface area contributed by atoms with Crippen molar-refractivity contribution in [1.82, 2.24) is 5.32 Å². The van der Waals surface area contributed by atoms with Crippen LogP contribution in [0.5, 0.6) is 5.75 Å². The molecule has 1 saturated carbocycles. The van der Waals surface area contributed by atoms with Crippen LogP contribution in [0, 0.1) is 6.92 Å². The van der Waals surface area contributed by atoms with E-state index in [4.69, 9.17) is 4.74 Å². The number of methoxy groups -OCH3 is 1. The molecule has 0 radical (unpaired) electrons. The molecule has 0 aliphatic heterocycles. The molecule has 1 aromatic carbocycles. The minimum absolute atomic E-state index is 0.321. The van der Waals surface area contributed by atoms with Crippen molar-refractivity contribution in [1.29, 1.82) is 0 Å². The first-order chi connectivity index (χ1) is 8.20. The summed E-state index contributed by atoms with van der Waals surface area (Å²) in [5.41, 5.74) is 2.14. The number of aryl methyl sites for hydroxylation is 1. The maximum atomic E-state index is 9.76. The number of hydrogen-bond acceptors (Lipinski definition) is 3. The van der Waals surface area contributed by atoms with Crippen LogP contribution in [0.1, 0.15) is 30.4 Å². The Labute approximate surface area is 103 Å². The topological polar surface area (TPSA) is 41.5 Å². The number of phenols is 1. The second-order valence-corrected chi connectivity index (χ2v) is 4.82. The molecule has 0 bridgehead atoms. The number of nitrogens with one attached hydrogen (secondary N) is 1. The van der Waals surface area contributed by atoms with Gasteiger partial charge in [0, 0.05) is 25.3 Å². The highest BCUT2D eigenvalue weighted by molar-refractivity contribution is 5.35. The van der Waals surface area contributed by atoms with Gasteiger partial charge in [0.15, 0.2) is 0 Å². The van der Waals surface area contributed by atoms with Gasteiger partial charge in [-0.15, -0.1) is 0 Å². The third kappa shape index (κ3) is 2.99. The van der Waals surface area contributed by atoms with Crippen LogP contribution in [0.25, 0.3) is 0 Å². The van der Waals surface area contributed by atoms with E-state index in [1.165, 1.54) is 12.0 Å². The summed E-state index contributed by atoms with van der Waals surface area (Å²) in [6.45, 7) is 2.74. The first-order valence-electron chi connectivity index (χ1n) is 6.25. The average molecular weight is 235 g/mol. The van der Waals surface area contributed by atoms with E-state index in [1.54, 1.807) is 13.2 Å². The third-order valence-corrected chi connectivity index (χ3v) is 3.55. The standard InChI is InChI=1S/C14H21NO2/c1-10-6-7-13(16)11(8-10)9-15-12-4-3-5-14(12)17-2/h6-8,12,14-16H,3-5,9H2,1-2H3. The van der Waals surface area contributed by atoms with E-state index in [0.717, 1.165) is 18.4 Å². The van der Waals surface area contributed by atoms with Crippen LogP contribution >= 0.6 is 0 Å². The molecule has 2 atom stereocenters. The summed E-state index contributed by atoms with van der Waals surface area (Å²) in [7, 11) is 1.77. The van der Waals surface area contributed by atoms with E-state index in [1.807, 2.05) is 19.1 Å². The Bertz CT molecular complexity index is 378. The predicted molar refractivity (Wildman–Crippen MR) is 68.1 cm³/mol. The zero-order valence-corrected chi connectivity index (χ0v) is 10.6. The van der Waals surface area contributed by atoms with Crippen LogP contribution < -0.4 is 5.32 Å². The van der Waals surface area contributed by atoms with Crippen molar-refractivity contribution in [2.24, 2.45) is 0 Å². The van der Waals surface area contributed by atoms with Gasteiger partial charge in [-0.05, 0) is 32.3 Å². The summed E-state index contributed by atoms with van der Waals surface area (Å²) in [5.74, 6) is 0.370. The first-order valence-corrected chi connectivity index (χ1v) is 6.25. The SMILES string of the molecule is COC1CCCC1NCc1cc(C)ccc1O. The van der Waals surface area contributed by atoms with Gasteiger partial charge in [-0.3, -0.25) is 0 Å². The highest BCUT2D eigenvalue weighted by atomic mass is 16.5. The van der Waals surface area contributed by atoms with Crippen LogP contribution in [0.15, 0.2) is 18.2 Å². The molecule has 0 heterocycles. The summed E-state index contributed by atoms with van der Waals surface area (Å²) in [4.78, 5) is 0. The second kappa shape index (κ2) is 5.52. The van der Waals surface area contributed by atoms with Crippen molar-refractivity contribution < 1.29 is 9.84 Å². The summed E-state index contributed by atoms with van der Waals surface area (Å²) in [5, 5.41) is 13.2. The zero-order chi connectivity index (χ0) is 12.3. The molecule has 94 valence electrons. The number of ether oxygens (including phenoxy) is 1. The Hall–Kier alpha value is -1.06. The van der Waals surface area contributed by atoms with Crippen molar-refractivity contribution in [2.45, 2.75) is 44.9 Å². The number of hydrogen-bond donors (Lipinski definition) is 2. The predicted octanol–water partition coefficient (Wildman–Crippen LogP) is 2.36. The van der Waals surface area contributed by atoms with E-state index < -0.39 is 0 Å². The molecule has 1 aromatic rings. The van der Waals surface area contributed by atoms with Crippen LogP contribution in [0.2, 0.25) is 0 Å². The van der Waals surface area contributed by atoms with Crippen LogP contribution in [-0.4, -0.2) is 24.4 Å². The van der Waals surface area contributed by atoms with Crippen molar-refractivity contribution in [2.75, 3.05) is 7.11 Å². The van der Waals surface area contributed by atoms with E-state index >= 15 is 0 Å². The van der Waals surface area contributed by atoms with Crippen molar-refractivity contribution in [3.63, 3.8) is 0 Å². The zero-order valence-electron chi connectivity index (χ0n) is 10.6. The van der Waals surface area contributed by atoms with E-state index in [-0.39, 0.29) is 0 Å². The van der Waals surface area contributed by atoms with Gasteiger partial charge in [-0.2, -0.15) is 0 Å². The summed E-state index contributed by atoms with van der Waals surface area (Å²) in [6, 6.07) is 6.13. The monoisotopic (exact) mass is 235 g/mol. The molecule has 0 saturated heterocycles. The molecule has 3 heteroatoms. The van der Waals surface area contributed by atoms with Gasteiger partial charge in [0.2, 0.25) is 0 Å². The van der Waals surface area contributed by atoms with E-state index in [9.17, 15) is 5.11 Å². The number of aromatic hydroxyl groups is 1. The van der Waals surface area contributed by atoms with Gasteiger partial charge in [-0.25, -0.2) is 0 Å². The summed E-state index contributed by atoms with van der Waals surface area (Å²) >= 11 is 0. The Morgan fingerprint density at radius 3 is 3.00 bits per heavy atom. The Morgan fingerprint density at radius 2 is 2.24 bits per heavy atom. The molecule has 0 spiro atoms. The van der Waals surface area contributed by atoms with Gasteiger partial charge in [0.25, 0.3) is 0 Å². The molecule has 2 unspecified atom stereocenters. The normalized spacial score (nSPS) is 24.1. The number of benzene rings is 1. The molecule has 1 aliphatic rings. The molecular weight excluding hydrogens is 214 g/mol. The van der Waals surface area contributed by atoms with Gasteiger partial charge in [-0.1, -0.05) is 17.7 Å². The van der Waals surface area contributed by atoms with Crippen molar-refractivity contribution >= 4 is 0 Å². The fourth-order valence-corrected chi connectivity index (χ4v) is 2.54. The van der Waals surface area contributed by atoms with Crippen LogP contribution in [0.4, 0.5) is 0 Å². The molecular formula is C14H21NO2. The van der Waals surface area contributed by atoms with Gasteiger partial charge in [0.1, 0.15) is 5.75 Å². The minimum atomic E-state index is 0.321. The number of phenolic OH excluding ortho intramolecular Hbond substituents is 1. The Morgan fingerprint density at radius 1 is 1.41 bits per heavy atom. The smallest absolute Gasteiger partial charge is 0.120 e. The van der Waals surface area contributed by atoms with Gasteiger partial charge < -0.3 is 15.2 Å². The molecule has 1 fully saturated rings. The van der Waals surface area contributed by atoms with Crippen LogP contribution in [-0.2, 0) is 11.3 Å². The highest BCUT2D eigenvalue weighted by Gasteiger charge is 2.26. The van der Waals surface area contributed by atoms with Gasteiger partial charge >= 0.3 is 0 Å². The second-order valence-electron chi connectivity index (χ2n) is 4.82. The lowest BCUT2D eigenvalue weighted by Gasteiger charge is -2.20. The molecule has 1 aliphatic carbocycles. The lowest BCUT2D eigenvalue weighted by molar-refractivity contribution is 0.0846. The molecule has 2 rings (SSSR count). The summed E-state index contributed by atoms with van der Waals surface area (Å²) < 4.78 is 5.44. The van der Waals surface area contributed by atoms with Gasteiger partial charge in [0.05, 0.1) is 6.10 Å². The Kier molecular flexibility index (Phi) is 4.02. The Balaban J connectivity index is 1.95. The fourth-order valence-electron chi connectivity index (χ4n) is 2.54. The van der Waals surface area contributed by atoms with E-state index in [0.29, 0.717) is 24.4 Å². The lowest BCUT2D eigenvalue weighted by atomic mass is 10.1. The first kappa shape index (κ1) is 12.4. The van der Waals surface area contributed by atoms with Crippen LogP contribution in [0.3, 0.4) is 0 Å². The summed E-state index contributed by atoms with van der Waals surface area (Å²) in [6.07, 6.45) is 3.83. The molecule has 2 N–H and O–H groups in total. The molecule has 0 aromatic heterocycles. The highest BCUT2D eigenvalue weighted by Crippen LogP contribution is 2.23. The van der Waals surface area contributed by atoms with E-state index in [2.05, 4.69) is 5.32 Å². The lowest BCUT2D eigenvalue weighted by Crippen LogP contribution is -2.36. The maximum absolute atomic E-state index is 9.76. The number of rotatable bonds is 4. The van der Waals surface area contributed by atoms with Crippen molar-refractivity contribution in [3.05, 3.63) is 29.3 Å². The molecule has 3 nitrogen and oxygen atoms in total. The third-order valence-electron chi connectivity index (χ3n) is 3.55.